The molecule has 3 fully saturated rings. The fourth-order valence-corrected chi connectivity index (χ4v) is 3.32. The second-order valence-corrected chi connectivity index (χ2v) is 5.53. The van der Waals surface area contributed by atoms with Crippen molar-refractivity contribution < 1.29 is 233 Å². The topological polar surface area (TPSA) is 16.1 Å². The molecule has 1 aromatic heterocycles. The minimum atomic E-state index is 0. The van der Waals surface area contributed by atoms with E-state index in [9.17, 15) is 0 Å². The Morgan fingerprint density at radius 1 is 1.20 bits per heavy atom. The van der Waals surface area contributed by atoms with Gasteiger partial charge in [-0.2, -0.15) is 35.8 Å². The zero-order chi connectivity index (χ0) is 14.7. The van der Waals surface area contributed by atoms with Gasteiger partial charge >= 0.3 is 233 Å². The fourth-order valence-electron chi connectivity index (χ4n) is 3.32. The monoisotopic (exact) mass is 618 g/mol. The van der Waals surface area contributed by atoms with Gasteiger partial charge in [0.25, 0.3) is 0 Å². The summed E-state index contributed by atoms with van der Waals surface area (Å²) in [5.41, 5.74) is 2.26. The van der Waals surface area contributed by atoms with Gasteiger partial charge < -0.3 is 16.3 Å². The van der Waals surface area contributed by atoms with Crippen LogP contribution in [0.5, 0.6) is 0 Å². The number of rotatable bonds is 2. The summed E-state index contributed by atoms with van der Waals surface area (Å²) in [6.07, 6.45) is 10.5. The van der Waals surface area contributed by atoms with Gasteiger partial charge in [-0.15, -0.1) is 6.54 Å². The maximum atomic E-state index is 4.30. The summed E-state index contributed by atoms with van der Waals surface area (Å²) in [6.45, 7) is 6.38. The zero-order valence-electron chi connectivity index (χ0n) is 16.8. The smallest absolute Gasteiger partial charge is 0.425 e. The summed E-state index contributed by atoms with van der Waals surface area (Å²) in [7, 11) is 0. The largest absolute Gasteiger partial charge is 1.00 e. The molecule has 2 unspecified atom stereocenters. The number of fused-ring (bicyclic) bond motifs is 4. The number of pyridine rings is 1. The van der Waals surface area contributed by atoms with E-state index in [0.29, 0.717) is 6.04 Å². The van der Waals surface area contributed by atoms with Gasteiger partial charge in [0, 0.05) is 0 Å². The fraction of sp³-hybridized carbons (Fsp3) is 0.421. The van der Waals surface area contributed by atoms with Crippen molar-refractivity contribution >= 4 is 10.9 Å². The third-order valence-electron chi connectivity index (χ3n) is 4.40. The zero-order valence-corrected chi connectivity index (χ0v) is 36.5. The van der Waals surface area contributed by atoms with Gasteiger partial charge in [-0.05, 0) is 12.6 Å². The maximum absolute atomic E-state index is 4.30. The van der Waals surface area contributed by atoms with Crippen LogP contribution < -0.4 is 233 Å². The van der Waals surface area contributed by atoms with E-state index < -0.39 is 0 Å². The number of hydrogen-bond donors (Lipinski definition) is 0. The number of aromatic nitrogens is 1. The minimum absolute atomic E-state index is 0. The SMILES string of the molecule is CC.[Rb+].[Rb+].[Rb+].[Rb+].[c-]1ccc2n[c-]cc([CH-][C@@H]3CC4[CH-]CN3CC4)c2c1. The van der Waals surface area contributed by atoms with Crippen LogP contribution in [-0.4, -0.2) is 29.0 Å². The average molecular weight is 620 g/mol. The van der Waals surface area contributed by atoms with E-state index in [-0.39, 0.29) is 233 Å². The molecule has 1 aromatic carbocycles. The van der Waals surface area contributed by atoms with E-state index in [1.165, 1.54) is 30.3 Å². The van der Waals surface area contributed by atoms with Crippen LogP contribution in [0, 0.1) is 31.0 Å². The molecule has 0 saturated carbocycles. The van der Waals surface area contributed by atoms with Crippen LogP contribution in [0.15, 0.2) is 24.3 Å². The number of hydrogen-bond acceptors (Lipinski definition) is 2. The summed E-state index contributed by atoms with van der Waals surface area (Å²) in [4.78, 5) is 6.87. The molecule has 5 rings (SSSR count). The third-order valence-corrected chi connectivity index (χ3v) is 4.40. The van der Waals surface area contributed by atoms with E-state index in [1.54, 1.807) is 0 Å². The summed E-state index contributed by atoms with van der Waals surface area (Å²) in [6, 6.07) is 11.7. The molecule has 25 heavy (non-hydrogen) atoms. The molecule has 0 aliphatic carbocycles. The molecule has 3 saturated heterocycles. The van der Waals surface area contributed by atoms with Crippen LogP contribution in [0.3, 0.4) is 0 Å². The Bertz CT molecular complexity index is 595. The molecule has 0 amide bonds. The molecule has 112 valence electrons. The van der Waals surface area contributed by atoms with E-state index >= 15 is 0 Å². The van der Waals surface area contributed by atoms with Crippen LogP contribution in [0.25, 0.3) is 10.9 Å². The van der Waals surface area contributed by atoms with Crippen molar-refractivity contribution in [3.8, 4) is 0 Å². The van der Waals surface area contributed by atoms with E-state index in [2.05, 4.69) is 35.0 Å². The van der Waals surface area contributed by atoms with E-state index in [1.807, 2.05) is 38.1 Å². The molecule has 2 bridgehead atoms. The quantitative estimate of drug-likeness (QED) is 0.311. The Hall–Kier alpha value is 5.68. The van der Waals surface area contributed by atoms with Crippen molar-refractivity contribution in [1.29, 1.82) is 0 Å². The first kappa shape index (κ1) is 32.9. The number of piperidine rings is 3. The van der Waals surface area contributed by atoms with Gasteiger partial charge in [0.1, 0.15) is 0 Å². The van der Waals surface area contributed by atoms with Gasteiger partial charge in [0.2, 0.25) is 0 Å². The third kappa shape index (κ3) is 9.60. The molecular weight excluding hydrogens is 598 g/mol. The Labute approximate surface area is 349 Å². The standard InChI is InChI=1S/C17H16N2.C2H6.4Rb/c1-2-4-17-16(3-1)14(5-8-18-17)12-15-11-13-6-9-19(15)10-7-13;1-2;;;;/h2-6,12-13,15H,7,9-11H2;1-2H3;;;;/q-4;;4*+1/t13?,15-;;;;;/m0...../s1. The summed E-state index contributed by atoms with van der Waals surface area (Å²) < 4.78 is 0. The van der Waals surface area contributed by atoms with Crippen molar-refractivity contribution in [1.82, 2.24) is 9.88 Å². The van der Waals surface area contributed by atoms with Crippen molar-refractivity contribution in [2.24, 2.45) is 5.92 Å². The second kappa shape index (κ2) is 18.1. The first-order valence-corrected chi connectivity index (χ1v) is 7.99. The first-order chi connectivity index (χ1) is 10.4. The van der Waals surface area contributed by atoms with Gasteiger partial charge in [0.05, 0.1) is 0 Å². The predicted octanol–water partition coefficient (Wildman–Crippen LogP) is -8.27. The molecule has 2 aromatic rings. The van der Waals surface area contributed by atoms with Crippen molar-refractivity contribution in [3.05, 3.63) is 54.9 Å². The van der Waals surface area contributed by atoms with Crippen LogP contribution in [-0.2, 0) is 0 Å². The van der Waals surface area contributed by atoms with Crippen molar-refractivity contribution in [2.75, 3.05) is 13.1 Å². The molecule has 6 heteroatoms. The van der Waals surface area contributed by atoms with Crippen LogP contribution in [0.4, 0.5) is 0 Å². The van der Waals surface area contributed by atoms with Gasteiger partial charge in [0.15, 0.2) is 0 Å². The normalized spacial score (nSPS) is 22.7. The summed E-state index contributed by atoms with van der Waals surface area (Å²) in [5, 5.41) is 1.19. The van der Waals surface area contributed by atoms with Gasteiger partial charge in [-0.25, -0.2) is 17.9 Å². The van der Waals surface area contributed by atoms with Crippen LogP contribution in [0.1, 0.15) is 32.3 Å². The minimum Gasteiger partial charge on any atom is -0.425 e. The molecule has 3 aliphatic heterocycles. The van der Waals surface area contributed by atoms with Gasteiger partial charge in [-0.3, -0.25) is 11.6 Å². The molecule has 4 heterocycles. The Kier molecular flexibility index (Phi) is 23.8. The number of nitrogens with zero attached hydrogens (tertiary/aromatic N) is 2. The van der Waals surface area contributed by atoms with Gasteiger partial charge in [-0.1, -0.05) is 26.7 Å². The number of benzene rings is 1. The van der Waals surface area contributed by atoms with E-state index in [4.69, 9.17) is 0 Å². The maximum Gasteiger partial charge on any atom is 1.00 e. The molecule has 3 atom stereocenters. The Morgan fingerprint density at radius 3 is 2.56 bits per heavy atom. The molecule has 2 nitrogen and oxygen atoms in total. The molecular formula is C19H22N2Rb4. The van der Waals surface area contributed by atoms with E-state index in [0.717, 1.165) is 18.0 Å². The predicted molar refractivity (Wildman–Crippen MR) is 86.6 cm³/mol. The second-order valence-electron chi connectivity index (χ2n) is 5.53. The molecule has 0 spiro atoms. The molecule has 0 radical (unpaired) electrons. The van der Waals surface area contributed by atoms with Crippen LogP contribution in [0.2, 0.25) is 0 Å². The first-order valence-electron chi connectivity index (χ1n) is 7.99. The molecule has 0 N–H and O–H groups in total. The average Bonchev–Trinajstić information content (AvgIpc) is 2.58. The summed E-state index contributed by atoms with van der Waals surface area (Å²) >= 11 is 0. The van der Waals surface area contributed by atoms with Crippen LogP contribution >= 0.6 is 0 Å². The Morgan fingerprint density at radius 2 is 1.96 bits per heavy atom. The van der Waals surface area contributed by atoms with Crippen molar-refractivity contribution in [3.63, 3.8) is 0 Å². The summed E-state index contributed by atoms with van der Waals surface area (Å²) in [5.74, 6) is 0.815. The molecule has 3 aliphatic rings. The van der Waals surface area contributed by atoms with Crippen molar-refractivity contribution in [2.45, 2.75) is 32.7 Å². The Balaban J connectivity index is 0.